The molecule has 2 aromatic heterocycles. The van der Waals surface area contributed by atoms with Crippen LogP contribution in [-0.4, -0.2) is 35.0 Å². The molecule has 0 aliphatic carbocycles. The number of hydrogen-bond acceptors (Lipinski definition) is 6. The van der Waals surface area contributed by atoms with Gasteiger partial charge in [-0.15, -0.1) is 11.3 Å². The van der Waals surface area contributed by atoms with Crippen LogP contribution < -0.4 is 4.74 Å². The number of rotatable bonds is 6. The van der Waals surface area contributed by atoms with E-state index in [-0.39, 0.29) is 12.4 Å². The summed E-state index contributed by atoms with van der Waals surface area (Å²) < 4.78 is 12.8. The van der Waals surface area contributed by atoms with Crippen LogP contribution in [0.4, 0.5) is 0 Å². The molecular weight excluding hydrogens is 432 g/mol. The average molecular weight is 449 g/mol. The summed E-state index contributed by atoms with van der Waals surface area (Å²) in [6.07, 6.45) is 1.72. The molecule has 2 heterocycles. The molecule has 0 atom stereocenters. The van der Waals surface area contributed by atoms with Gasteiger partial charge < -0.3 is 9.47 Å². The molecule has 0 saturated heterocycles. The SMILES string of the molecule is COc1ccc(Br)c(C(=O)OCC(=O)c2cc(C)n(-c3nccs3)c2C)c1. The molecule has 27 heavy (non-hydrogen) atoms. The minimum atomic E-state index is -0.595. The zero-order valence-electron chi connectivity index (χ0n) is 15.0. The Balaban J connectivity index is 1.75. The van der Waals surface area contributed by atoms with Crippen LogP contribution >= 0.6 is 27.3 Å². The molecular formula is C19H17BrN2O4S. The molecule has 1 aromatic carbocycles. The number of carbonyl (C=O) groups is 2. The average Bonchev–Trinajstić information content (AvgIpc) is 3.27. The van der Waals surface area contributed by atoms with Gasteiger partial charge in [-0.25, -0.2) is 9.78 Å². The number of nitrogens with zero attached hydrogens (tertiary/aromatic N) is 2. The van der Waals surface area contributed by atoms with E-state index in [1.165, 1.54) is 18.4 Å². The van der Waals surface area contributed by atoms with Gasteiger partial charge in [-0.3, -0.25) is 9.36 Å². The number of Topliss-reactive ketones (excluding diaryl/α,β-unsaturated/α-hetero) is 1. The highest BCUT2D eigenvalue weighted by atomic mass is 79.9. The highest BCUT2D eigenvalue weighted by Crippen LogP contribution is 2.24. The molecule has 0 bridgehead atoms. The first-order valence-corrected chi connectivity index (χ1v) is 9.72. The lowest BCUT2D eigenvalue weighted by atomic mass is 10.1. The standard InChI is InChI=1S/C19H17BrN2O4S/c1-11-8-14(12(2)22(11)19-21-6-7-27-19)17(23)10-26-18(24)15-9-13(25-3)4-5-16(15)20/h4-9H,10H2,1-3H3. The number of aromatic nitrogens is 2. The topological polar surface area (TPSA) is 70.4 Å². The molecule has 140 valence electrons. The lowest BCUT2D eigenvalue weighted by Gasteiger charge is -2.08. The maximum absolute atomic E-state index is 12.6. The Morgan fingerprint density at radius 2 is 2.00 bits per heavy atom. The van der Waals surface area contributed by atoms with Crippen LogP contribution in [-0.2, 0) is 4.74 Å². The van der Waals surface area contributed by atoms with Crippen LogP contribution in [0.2, 0.25) is 0 Å². The fraction of sp³-hybridized carbons (Fsp3) is 0.211. The van der Waals surface area contributed by atoms with Gasteiger partial charge in [0, 0.05) is 33.0 Å². The summed E-state index contributed by atoms with van der Waals surface area (Å²) in [6.45, 7) is 3.41. The van der Waals surface area contributed by atoms with Gasteiger partial charge in [0.05, 0.1) is 12.7 Å². The van der Waals surface area contributed by atoms with Crippen molar-refractivity contribution in [2.75, 3.05) is 13.7 Å². The lowest BCUT2D eigenvalue weighted by molar-refractivity contribution is 0.0473. The van der Waals surface area contributed by atoms with Gasteiger partial charge in [-0.1, -0.05) is 0 Å². The molecule has 0 saturated carbocycles. The third-order valence-corrected chi connectivity index (χ3v) is 5.52. The Bertz CT molecular complexity index is 996. The van der Waals surface area contributed by atoms with Crippen molar-refractivity contribution < 1.29 is 19.1 Å². The predicted octanol–water partition coefficient (Wildman–Crippen LogP) is 4.36. The van der Waals surface area contributed by atoms with Crippen molar-refractivity contribution in [2.24, 2.45) is 0 Å². The second-order valence-electron chi connectivity index (χ2n) is 5.78. The first-order valence-electron chi connectivity index (χ1n) is 8.05. The monoisotopic (exact) mass is 448 g/mol. The van der Waals surface area contributed by atoms with Gasteiger partial charge in [0.15, 0.2) is 11.7 Å². The van der Waals surface area contributed by atoms with Crippen LogP contribution in [0.15, 0.2) is 40.3 Å². The van der Waals surface area contributed by atoms with E-state index < -0.39 is 5.97 Å². The Hall–Kier alpha value is -2.45. The van der Waals surface area contributed by atoms with Gasteiger partial charge in [0.2, 0.25) is 5.78 Å². The van der Waals surface area contributed by atoms with Crippen molar-refractivity contribution in [1.82, 2.24) is 9.55 Å². The number of thiazole rings is 1. The van der Waals surface area contributed by atoms with E-state index in [1.54, 1.807) is 30.5 Å². The summed E-state index contributed by atoms with van der Waals surface area (Å²) in [5, 5.41) is 2.67. The molecule has 3 aromatic rings. The summed E-state index contributed by atoms with van der Waals surface area (Å²) >= 11 is 4.80. The molecule has 3 rings (SSSR count). The normalized spacial score (nSPS) is 10.7. The number of aryl methyl sites for hydroxylation is 1. The second-order valence-corrected chi connectivity index (χ2v) is 7.51. The third-order valence-electron chi connectivity index (χ3n) is 4.07. The van der Waals surface area contributed by atoms with Gasteiger partial charge in [-0.05, 0) is 54.0 Å². The van der Waals surface area contributed by atoms with Crippen molar-refractivity contribution in [3.8, 4) is 10.9 Å². The second kappa shape index (κ2) is 8.06. The van der Waals surface area contributed by atoms with Crippen molar-refractivity contribution in [1.29, 1.82) is 0 Å². The smallest absolute Gasteiger partial charge is 0.339 e. The van der Waals surface area contributed by atoms with Crippen molar-refractivity contribution in [2.45, 2.75) is 13.8 Å². The van der Waals surface area contributed by atoms with E-state index >= 15 is 0 Å². The number of ether oxygens (including phenoxy) is 2. The number of benzene rings is 1. The van der Waals surface area contributed by atoms with E-state index in [1.807, 2.05) is 23.8 Å². The van der Waals surface area contributed by atoms with Gasteiger partial charge in [-0.2, -0.15) is 0 Å². The maximum Gasteiger partial charge on any atom is 0.339 e. The van der Waals surface area contributed by atoms with Crippen LogP contribution in [0.5, 0.6) is 5.75 Å². The van der Waals surface area contributed by atoms with E-state index in [4.69, 9.17) is 9.47 Å². The number of esters is 1. The van der Waals surface area contributed by atoms with E-state index in [9.17, 15) is 9.59 Å². The summed E-state index contributed by atoms with van der Waals surface area (Å²) in [5.74, 6) is -0.329. The van der Waals surface area contributed by atoms with Crippen LogP contribution in [0.1, 0.15) is 32.1 Å². The number of ketones is 1. The van der Waals surface area contributed by atoms with Gasteiger partial charge in [0.25, 0.3) is 0 Å². The molecule has 0 spiro atoms. The van der Waals surface area contributed by atoms with Crippen LogP contribution in [0.3, 0.4) is 0 Å². The van der Waals surface area contributed by atoms with Crippen molar-refractivity contribution >= 4 is 39.0 Å². The summed E-state index contributed by atoms with van der Waals surface area (Å²) in [6, 6.07) is 6.76. The van der Waals surface area contributed by atoms with Gasteiger partial charge in [0.1, 0.15) is 5.75 Å². The van der Waals surface area contributed by atoms with Crippen molar-refractivity contribution in [3.63, 3.8) is 0 Å². The molecule has 0 radical (unpaired) electrons. The highest BCUT2D eigenvalue weighted by molar-refractivity contribution is 9.10. The lowest BCUT2D eigenvalue weighted by Crippen LogP contribution is -2.15. The summed E-state index contributed by atoms with van der Waals surface area (Å²) in [5.41, 5.74) is 2.48. The van der Waals surface area contributed by atoms with E-state index in [2.05, 4.69) is 20.9 Å². The third kappa shape index (κ3) is 3.96. The number of methoxy groups -OCH3 is 1. The Labute approximate surface area is 168 Å². The summed E-state index contributed by atoms with van der Waals surface area (Å²) in [7, 11) is 1.51. The number of halogens is 1. The van der Waals surface area contributed by atoms with E-state index in [0.29, 0.717) is 21.3 Å². The minimum Gasteiger partial charge on any atom is -0.497 e. The Kier molecular flexibility index (Phi) is 5.76. The first kappa shape index (κ1) is 19.3. The maximum atomic E-state index is 12.6. The highest BCUT2D eigenvalue weighted by Gasteiger charge is 2.20. The van der Waals surface area contributed by atoms with Gasteiger partial charge >= 0.3 is 5.97 Å². The molecule has 0 amide bonds. The predicted molar refractivity (Wildman–Crippen MR) is 106 cm³/mol. The fourth-order valence-corrected chi connectivity index (χ4v) is 3.90. The largest absolute Gasteiger partial charge is 0.497 e. The molecule has 0 N–H and O–H groups in total. The quantitative estimate of drug-likeness (QED) is 0.413. The minimum absolute atomic E-state index is 0.265. The Morgan fingerprint density at radius 1 is 1.22 bits per heavy atom. The molecule has 0 aliphatic heterocycles. The van der Waals surface area contributed by atoms with Crippen molar-refractivity contribution in [3.05, 3.63) is 62.8 Å². The van der Waals surface area contributed by atoms with Crippen LogP contribution in [0.25, 0.3) is 5.13 Å². The molecule has 0 aliphatic rings. The zero-order valence-corrected chi connectivity index (χ0v) is 17.4. The number of hydrogen-bond donors (Lipinski definition) is 0. The van der Waals surface area contributed by atoms with E-state index in [0.717, 1.165) is 16.5 Å². The molecule has 0 unspecified atom stereocenters. The fourth-order valence-electron chi connectivity index (χ4n) is 2.74. The first-order chi connectivity index (χ1) is 12.9. The molecule has 0 fully saturated rings. The zero-order chi connectivity index (χ0) is 19.6. The van der Waals surface area contributed by atoms with Crippen LogP contribution in [0, 0.1) is 13.8 Å². The molecule has 6 nitrogen and oxygen atoms in total. The summed E-state index contributed by atoms with van der Waals surface area (Å²) in [4.78, 5) is 29.2. The molecule has 8 heteroatoms. The number of carbonyl (C=O) groups excluding carboxylic acids is 2. The Morgan fingerprint density at radius 3 is 2.67 bits per heavy atom.